The zero-order valence-electron chi connectivity index (χ0n) is 13.6. The third-order valence-corrected chi connectivity index (χ3v) is 4.49. The van der Waals surface area contributed by atoms with Crippen molar-refractivity contribution in [2.45, 2.75) is 32.2 Å². The summed E-state index contributed by atoms with van der Waals surface area (Å²) in [4.78, 5) is 13.9. The van der Waals surface area contributed by atoms with Crippen molar-refractivity contribution in [3.05, 3.63) is 29.8 Å². The van der Waals surface area contributed by atoms with Crippen LogP contribution in [0.1, 0.15) is 24.8 Å². The summed E-state index contributed by atoms with van der Waals surface area (Å²) in [6.45, 7) is 3.41. The Morgan fingerprint density at radius 1 is 1.43 bits per heavy atom. The van der Waals surface area contributed by atoms with Gasteiger partial charge >= 0.3 is 0 Å². The van der Waals surface area contributed by atoms with E-state index in [0.29, 0.717) is 26.1 Å². The normalized spacial score (nSPS) is 18.7. The Kier molecular flexibility index (Phi) is 6.01. The monoisotopic (exact) mass is 340 g/mol. The number of amides is 1. The maximum atomic E-state index is 12.2. The molecule has 0 bridgehead atoms. The molecule has 0 spiro atoms. The highest BCUT2D eigenvalue weighted by molar-refractivity contribution is 7.88. The molecular weight excluding hydrogens is 316 g/mol. The molecule has 0 aromatic heterocycles. The molecule has 1 aliphatic heterocycles. The van der Waals surface area contributed by atoms with Crippen LogP contribution in [0.5, 0.6) is 5.75 Å². The molecule has 1 N–H and O–H groups in total. The lowest BCUT2D eigenvalue weighted by Crippen LogP contribution is -2.49. The number of carbonyl (C=O) groups excluding carboxylic acids is 1. The van der Waals surface area contributed by atoms with E-state index in [0.717, 1.165) is 30.4 Å². The number of nitrogens with zero attached hydrogens (tertiary/aromatic N) is 1. The molecule has 1 aliphatic rings. The molecule has 1 amide bonds. The van der Waals surface area contributed by atoms with Crippen molar-refractivity contribution in [1.29, 1.82) is 0 Å². The van der Waals surface area contributed by atoms with Gasteiger partial charge in [0.05, 0.1) is 19.3 Å². The number of carbonyl (C=O) groups is 1. The van der Waals surface area contributed by atoms with Crippen molar-refractivity contribution in [3.8, 4) is 5.75 Å². The molecule has 0 unspecified atom stereocenters. The van der Waals surface area contributed by atoms with Crippen molar-refractivity contribution in [3.63, 3.8) is 0 Å². The molecule has 1 aromatic carbocycles. The predicted octanol–water partition coefficient (Wildman–Crippen LogP) is 1.30. The lowest BCUT2D eigenvalue weighted by Gasteiger charge is -2.32. The predicted molar refractivity (Wildman–Crippen MR) is 88.9 cm³/mol. The summed E-state index contributed by atoms with van der Waals surface area (Å²) in [7, 11) is -3.24. The molecule has 128 valence electrons. The summed E-state index contributed by atoms with van der Waals surface area (Å²) >= 11 is 0. The maximum Gasteiger partial charge on any atom is 0.226 e. The average molecular weight is 340 g/mol. The number of rotatable bonds is 6. The van der Waals surface area contributed by atoms with Gasteiger partial charge in [-0.1, -0.05) is 12.1 Å². The van der Waals surface area contributed by atoms with E-state index in [1.165, 1.54) is 0 Å². The number of aryl methyl sites for hydroxylation is 1. The SMILES string of the molecule is Cc1cccc(OCCC(=O)N2CCC[C@H](NS(C)(=O)=O)C2)c1. The third-order valence-electron chi connectivity index (χ3n) is 3.73. The summed E-state index contributed by atoms with van der Waals surface area (Å²) in [5.74, 6) is 0.755. The van der Waals surface area contributed by atoms with E-state index in [-0.39, 0.29) is 11.9 Å². The Morgan fingerprint density at radius 2 is 2.22 bits per heavy atom. The highest BCUT2D eigenvalue weighted by Gasteiger charge is 2.25. The van der Waals surface area contributed by atoms with Crippen molar-refractivity contribution in [2.75, 3.05) is 26.0 Å². The minimum Gasteiger partial charge on any atom is -0.493 e. The summed E-state index contributed by atoms with van der Waals surface area (Å²) in [5.41, 5.74) is 1.11. The fourth-order valence-corrected chi connectivity index (χ4v) is 3.52. The Balaban J connectivity index is 1.78. The van der Waals surface area contributed by atoms with Gasteiger partial charge in [-0.25, -0.2) is 13.1 Å². The van der Waals surface area contributed by atoms with Crippen LogP contribution in [-0.2, 0) is 14.8 Å². The molecular formula is C16H24N2O4S. The van der Waals surface area contributed by atoms with Crippen LogP contribution in [0.3, 0.4) is 0 Å². The molecule has 0 radical (unpaired) electrons. The number of piperidine rings is 1. The van der Waals surface area contributed by atoms with Crippen LogP contribution in [0.2, 0.25) is 0 Å². The van der Waals surface area contributed by atoms with Gasteiger partial charge in [0.25, 0.3) is 0 Å². The summed E-state index contributed by atoms with van der Waals surface area (Å²) < 4.78 is 30.8. The maximum absolute atomic E-state index is 12.2. The zero-order chi connectivity index (χ0) is 16.9. The van der Waals surface area contributed by atoms with Crippen LogP contribution in [-0.4, -0.2) is 51.2 Å². The van der Waals surface area contributed by atoms with Gasteiger partial charge in [-0.15, -0.1) is 0 Å². The number of likely N-dealkylation sites (tertiary alicyclic amines) is 1. The van der Waals surface area contributed by atoms with Gasteiger partial charge in [0.1, 0.15) is 5.75 Å². The molecule has 6 nitrogen and oxygen atoms in total. The molecule has 1 heterocycles. The van der Waals surface area contributed by atoms with Crippen molar-refractivity contribution < 1.29 is 17.9 Å². The van der Waals surface area contributed by atoms with Crippen molar-refractivity contribution in [1.82, 2.24) is 9.62 Å². The Morgan fingerprint density at radius 3 is 2.91 bits per heavy atom. The molecule has 1 atom stereocenters. The quantitative estimate of drug-likeness (QED) is 0.847. The van der Waals surface area contributed by atoms with Crippen LogP contribution in [0.15, 0.2) is 24.3 Å². The van der Waals surface area contributed by atoms with Gasteiger partial charge in [0.2, 0.25) is 15.9 Å². The average Bonchev–Trinajstić information content (AvgIpc) is 2.45. The van der Waals surface area contributed by atoms with Gasteiger partial charge in [0.15, 0.2) is 0 Å². The second-order valence-corrected chi connectivity index (χ2v) is 7.76. The second-order valence-electron chi connectivity index (χ2n) is 5.98. The lowest BCUT2D eigenvalue weighted by atomic mass is 10.1. The van der Waals surface area contributed by atoms with E-state index in [1.54, 1.807) is 4.90 Å². The van der Waals surface area contributed by atoms with Gasteiger partial charge in [-0.05, 0) is 37.5 Å². The van der Waals surface area contributed by atoms with E-state index in [1.807, 2.05) is 31.2 Å². The Bertz CT molecular complexity index is 645. The van der Waals surface area contributed by atoms with E-state index < -0.39 is 10.0 Å². The first-order valence-electron chi connectivity index (χ1n) is 7.78. The number of sulfonamides is 1. The zero-order valence-corrected chi connectivity index (χ0v) is 14.4. The highest BCUT2D eigenvalue weighted by Crippen LogP contribution is 2.14. The topological polar surface area (TPSA) is 75.7 Å². The molecule has 23 heavy (non-hydrogen) atoms. The van der Waals surface area contributed by atoms with E-state index in [9.17, 15) is 13.2 Å². The molecule has 1 fully saturated rings. The number of ether oxygens (including phenoxy) is 1. The minimum atomic E-state index is -3.24. The number of hydrogen-bond donors (Lipinski definition) is 1. The fraction of sp³-hybridized carbons (Fsp3) is 0.562. The van der Waals surface area contributed by atoms with Crippen LogP contribution in [0.4, 0.5) is 0 Å². The molecule has 0 saturated carbocycles. The standard InChI is InChI=1S/C16H24N2O4S/c1-13-5-3-7-15(11-13)22-10-8-16(19)18-9-4-6-14(12-18)17-23(2,20)21/h3,5,7,11,14,17H,4,6,8-10,12H2,1-2H3/t14-/m0/s1. The largest absolute Gasteiger partial charge is 0.493 e. The van der Waals surface area contributed by atoms with Crippen molar-refractivity contribution in [2.24, 2.45) is 0 Å². The fourth-order valence-electron chi connectivity index (χ4n) is 2.72. The molecule has 1 aromatic rings. The molecule has 7 heteroatoms. The number of benzene rings is 1. The first-order valence-corrected chi connectivity index (χ1v) is 9.67. The Labute approximate surface area is 137 Å². The molecule has 0 aliphatic carbocycles. The van der Waals surface area contributed by atoms with Gasteiger partial charge < -0.3 is 9.64 Å². The van der Waals surface area contributed by atoms with Crippen molar-refractivity contribution >= 4 is 15.9 Å². The smallest absolute Gasteiger partial charge is 0.226 e. The van der Waals surface area contributed by atoms with E-state index in [2.05, 4.69) is 4.72 Å². The summed E-state index contributed by atoms with van der Waals surface area (Å²) in [6, 6.07) is 7.50. The van der Waals surface area contributed by atoms with Crippen LogP contribution >= 0.6 is 0 Å². The van der Waals surface area contributed by atoms with Crippen LogP contribution < -0.4 is 9.46 Å². The van der Waals surface area contributed by atoms with E-state index in [4.69, 9.17) is 4.74 Å². The van der Waals surface area contributed by atoms with Gasteiger partial charge in [-0.2, -0.15) is 0 Å². The molecule has 1 saturated heterocycles. The van der Waals surface area contributed by atoms with Crippen LogP contribution in [0, 0.1) is 6.92 Å². The number of nitrogens with one attached hydrogen (secondary N) is 1. The Hall–Kier alpha value is -1.60. The number of hydrogen-bond acceptors (Lipinski definition) is 4. The summed E-state index contributed by atoms with van der Waals surface area (Å²) in [6.07, 6.45) is 3.00. The first-order chi connectivity index (χ1) is 10.8. The van der Waals surface area contributed by atoms with Crippen LogP contribution in [0.25, 0.3) is 0 Å². The van der Waals surface area contributed by atoms with Gasteiger partial charge in [-0.3, -0.25) is 4.79 Å². The second kappa shape index (κ2) is 7.79. The minimum absolute atomic E-state index is 0.00217. The lowest BCUT2D eigenvalue weighted by molar-refractivity contribution is -0.133. The third kappa shape index (κ3) is 6.19. The first kappa shape index (κ1) is 17.7. The summed E-state index contributed by atoms with van der Waals surface area (Å²) in [5, 5.41) is 0. The highest BCUT2D eigenvalue weighted by atomic mass is 32.2. The van der Waals surface area contributed by atoms with E-state index >= 15 is 0 Å². The molecule has 2 rings (SSSR count). The van der Waals surface area contributed by atoms with Gasteiger partial charge in [0, 0.05) is 19.1 Å².